The lowest BCUT2D eigenvalue weighted by Gasteiger charge is -2.35. The zero-order valence-corrected chi connectivity index (χ0v) is 15.4. The van der Waals surface area contributed by atoms with Crippen LogP contribution in [0.5, 0.6) is 0 Å². The lowest BCUT2D eigenvalue weighted by molar-refractivity contribution is -0.140. The van der Waals surface area contributed by atoms with Crippen LogP contribution in [0.1, 0.15) is 32.3 Å². The molecule has 0 aliphatic carbocycles. The van der Waals surface area contributed by atoms with E-state index < -0.39 is 27.2 Å². The Balaban J connectivity index is 1.76. The molecule has 0 bridgehead atoms. The molecule has 0 radical (unpaired) electrons. The Morgan fingerprint density at radius 2 is 1.96 bits per heavy atom. The number of nitrogens with one attached hydrogen (secondary N) is 1. The van der Waals surface area contributed by atoms with Crippen LogP contribution < -0.4 is 10.2 Å². The Morgan fingerprint density at radius 3 is 2.64 bits per heavy atom. The van der Waals surface area contributed by atoms with Crippen molar-refractivity contribution in [3.8, 4) is 0 Å². The third-order valence-corrected chi connectivity index (χ3v) is 6.79. The summed E-state index contributed by atoms with van der Waals surface area (Å²) in [5.41, 5.74) is 0.722. The molecule has 2 aliphatic rings. The molecule has 2 amide bonds. The first-order valence-corrected chi connectivity index (χ1v) is 10.4. The minimum atomic E-state index is -3.08. The summed E-state index contributed by atoms with van der Waals surface area (Å²) >= 11 is 0. The lowest BCUT2D eigenvalue weighted by Crippen LogP contribution is -2.53. The maximum atomic E-state index is 13.1. The number of para-hydroxylation sites is 1. The van der Waals surface area contributed by atoms with Crippen molar-refractivity contribution in [1.29, 1.82) is 0 Å². The molecule has 1 saturated heterocycles. The van der Waals surface area contributed by atoms with Crippen LogP contribution in [0.3, 0.4) is 0 Å². The summed E-state index contributed by atoms with van der Waals surface area (Å²) in [7, 11) is -3.08. The highest BCUT2D eigenvalue weighted by atomic mass is 32.2. The van der Waals surface area contributed by atoms with Gasteiger partial charge < -0.3 is 10.2 Å². The van der Waals surface area contributed by atoms with Crippen LogP contribution in [0.4, 0.5) is 5.69 Å². The van der Waals surface area contributed by atoms with Gasteiger partial charge in [-0.3, -0.25) is 9.59 Å². The fourth-order valence-electron chi connectivity index (χ4n) is 3.45. The maximum Gasteiger partial charge on any atom is 0.242 e. The number of fused-ring (bicyclic) bond motifs is 1. The van der Waals surface area contributed by atoms with E-state index in [1.54, 1.807) is 18.7 Å². The van der Waals surface area contributed by atoms with Gasteiger partial charge in [-0.15, -0.1) is 0 Å². The number of benzene rings is 1. The van der Waals surface area contributed by atoms with E-state index in [-0.39, 0.29) is 17.4 Å². The number of hydrogen-bond donors (Lipinski definition) is 1. The summed E-state index contributed by atoms with van der Waals surface area (Å²) in [6, 6.07) is 7.35. The SMILES string of the molecule is CC(C)(C(=O)NC1CCS(=O)(=O)C1)C(=O)N1CCCc2ccccc21. The van der Waals surface area contributed by atoms with Gasteiger partial charge in [0.25, 0.3) is 0 Å². The van der Waals surface area contributed by atoms with Gasteiger partial charge in [-0.2, -0.15) is 0 Å². The van der Waals surface area contributed by atoms with E-state index in [9.17, 15) is 18.0 Å². The largest absolute Gasteiger partial charge is 0.351 e. The summed E-state index contributed by atoms with van der Waals surface area (Å²) < 4.78 is 23.1. The quantitative estimate of drug-likeness (QED) is 0.820. The molecule has 2 aliphatic heterocycles. The summed E-state index contributed by atoms with van der Waals surface area (Å²) in [6.45, 7) is 3.79. The molecule has 1 unspecified atom stereocenters. The first-order chi connectivity index (χ1) is 11.7. The molecule has 0 aromatic heterocycles. The maximum absolute atomic E-state index is 13.1. The zero-order valence-electron chi connectivity index (χ0n) is 14.6. The minimum absolute atomic E-state index is 0.0461. The van der Waals surface area contributed by atoms with Crippen LogP contribution in [0.15, 0.2) is 24.3 Å². The molecule has 25 heavy (non-hydrogen) atoms. The third-order valence-electron chi connectivity index (χ3n) is 5.03. The van der Waals surface area contributed by atoms with Crippen molar-refractivity contribution in [2.45, 2.75) is 39.2 Å². The second-order valence-corrected chi connectivity index (χ2v) is 9.62. The van der Waals surface area contributed by atoms with Gasteiger partial charge in [0.15, 0.2) is 9.84 Å². The molecule has 1 aromatic rings. The van der Waals surface area contributed by atoms with E-state index in [1.165, 1.54) is 0 Å². The molecule has 1 N–H and O–H groups in total. The van der Waals surface area contributed by atoms with Crippen molar-refractivity contribution in [3.05, 3.63) is 29.8 Å². The molecule has 1 aromatic carbocycles. The van der Waals surface area contributed by atoms with Crippen LogP contribution in [-0.2, 0) is 25.8 Å². The van der Waals surface area contributed by atoms with Gasteiger partial charge in [0.05, 0.1) is 11.5 Å². The van der Waals surface area contributed by atoms with Crippen LogP contribution >= 0.6 is 0 Å². The summed E-state index contributed by atoms with van der Waals surface area (Å²) in [4.78, 5) is 27.4. The monoisotopic (exact) mass is 364 g/mol. The number of anilines is 1. The van der Waals surface area contributed by atoms with Crippen molar-refractivity contribution in [2.24, 2.45) is 5.41 Å². The molecule has 0 saturated carbocycles. The fraction of sp³-hybridized carbons (Fsp3) is 0.556. The number of rotatable bonds is 3. The fourth-order valence-corrected chi connectivity index (χ4v) is 5.13. The van der Waals surface area contributed by atoms with Crippen molar-refractivity contribution >= 4 is 27.3 Å². The van der Waals surface area contributed by atoms with Gasteiger partial charge in [0, 0.05) is 18.3 Å². The average Bonchev–Trinajstić information content (AvgIpc) is 2.92. The minimum Gasteiger partial charge on any atom is -0.351 e. The van der Waals surface area contributed by atoms with Crippen molar-refractivity contribution in [3.63, 3.8) is 0 Å². The van der Waals surface area contributed by atoms with E-state index in [0.717, 1.165) is 24.1 Å². The Kier molecular flexibility index (Phi) is 4.62. The average molecular weight is 364 g/mol. The van der Waals surface area contributed by atoms with Gasteiger partial charge >= 0.3 is 0 Å². The van der Waals surface area contributed by atoms with E-state index in [2.05, 4.69) is 5.32 Å². The van der Waals surface area contributed by atoms with Crippen molar-refractivity contribution < 1.29 is 18.0 Å². The van der Waals surface area contributed by atoms with Crippen LogP contribution in [0.2, 0.25) is 0 Å². The molecule has 6 nitrogen and oxygen atoms in total. The topological polar surface area (TPSA) is 83.5 Å². The van der Waals surface area contributed by atoms with Crippen LogP contribution in [0.25, 0.3) is 0 Å². The Bertz CT molecular complexity index is 801. The number of nitrogens with zero attached hydrogens (tertiary/aromatic N) is 1. The van der Waals surface area contributed by atoms with Crippen LogP contribution in [0, 0.1) is 5.41 Å². The third kappa shape index (κ3) is 3.56. The van der Waals surface area contributed by atoms with Gasteiger partial charge in [-0.25, -0.2) is 8.42 Å². The summed E-state index contributed by atoms with van der Waals surface area (Å²) in [5.74, 6) is -0.623. The highest BCUT2D eigenvalue weighted by molar-refractivity contribution is 7.91. The smallest absolute Gasteiger partial charge is 0.242 e. The number of hydrogen-bond acceptors (Lipinski definition) is 4. The number of amides is 2. The second-order valence-electron chi connectivity index (χ2n) is 7.39. The van der Waals surface area contributed by atoms with Gasteiger partial charge in [-0.05, 0) is 44.7 Å². The molecular weight excluding hydrogens is 340 g/mol. The molecule has 1 fully saturated rings. The molecule has 2 heterocycles. The Hall–Kier alpha value is -1.89. The van der Waals surface area contributed by atoms with Crippen LogP contribution in [-0.4, -0.2) is 44.3 Å². The van der Waals surface area contributed by atoms with E-state index in [4.69, 9.17) is 0 Å². The number of sulfone groups is 1. The molecular formula is C18H24N2O4S. The van der Waals surface area contributed by atoms with Gasteiger partial charge in [-0.1, -0.05) is 18.2 Å². The van der Waals surface area contributed by atoms with Gasteiger partial charge in [0.2, 0.25) is 11.8 Å². The predicted octanol–water partition coefficient (Wildman–Crippen LogP) is 1.30. The first kappa shape index (κ1) is 17.9. The van der Waals surface area contributed by atoms with Gasteiger partial charge in [0.1, 0.15) is 5.41 Å². The van der Waals surface area contributed by atoms with E-state index in [1.807, 2.05) is 24.3 Å². The summed E-state index contributed by atoms with van der Waals surface area (Å²) in [5, 5.41) is 2.75. The van der Waals surface area contributed by atoms with E-state index in [0.29, 0.717) is 13.0 Å². The first-order valence-electron chi connectivity index (χ1n) is 8.62. The van der Waals surface area contributed by atoms with Crippen molar-refractivity contribution in [2.75, 3.05) is 23.0 Å². The molecule has 136 valence electrons. The Labute approximate surface area is 148 Å². The normalized spacial score (nSPS) is 22.3. The number of carbonyl (C=O) groups is 2. The molecule has 7 heteroatoms. The molecule has 1 atom stereocenters. The zero-order chi connectivity index (χ0) is 18.2. The van der Waals surface area contributed by atoms with Crippen molar-refractivity contribution in [1.82, 2.24) is 5.32 Å². The second kappa shape index (κ2) is 6.44. The highest BCUT2D eigenvalue weighted by Crippen LogP contribution is 2.31. The Morgan fingerprint density at radius 1 is 1.24 bits per heavy atom. The number of carbonyl (C=O) groups excluding carboxylic acids is 2. The number of aryl methyl sites for hydroxylation is 1. The van der Waals surface area contributed by atoms with E-state index >= 15 is 0 Å². The molecule has 0 spiro atoms. The standard InChI is InChI=1S/C18H24N2O4S/c1-18(2,16(21)19-14-9-11-25(23,24)12-14)17(22)20-10-5-7-13-6-3-4-8-15(13)20/h3-4,6,8,14H,5,7,9-12H2,1-2H3,(H,19,21). The summed E-state index contributed by atoms with van der Waals surface area (Å²) in [6.07, 6.45) is 2.19. The highest BCUT2D eigenvalue weighted by Gasteiger charge is 2.42. The molecule has 3 rings (SSSR count). The predicted molar refractivity (Wildman–Crippen MR) is 96.1 cm³/mol. The lowest BCUT2D eigenvalue weighted by atomic mass is 9.88.